The molecule has 0 spiro atoms. The molecule has 0 heterocycles. The van der Waals surface area contributed by atoms with Gasteiger partial charge in [0.2, 0.25) is 0 Å². The smallest absolute Gasteiger partial charge is 0.320 e. The molecule has 0 saturated heterocycles. The molecule has 0 amide bonds. The Labute approximate surface area is 67.6 Å². The molecule has 0 aliphatic carbocycles. The maximum atomic E-state index is 10.3. The van der Waals surface area contributed by atoms with Crippen LogP contribution >= 0.6 is 0 Å². The van der Waals surface area contributed by atoms with Crippen molar-refractivity contribution in [1.82, 2.24) is 0 Å². The molecule has 0 bridgehead atoms. The molecule has 3 nitrogen and oxygen atoms in total. The third kappa shape index (κ3) is 4.79. The molecule has 0 aliphatic heterocycles. The van der Waals surface area contributed by atoms with Gasteiger partial charge in [0, 0.05) is 0 Å². The minimum Gasteiger partial charge on any atom is -0.480 e. The largest absolute Gasteiger partial charge is 0.480 e. The van der Waals surface area contributed by atoms with Crippen LogP contribution < -0.4 is 5.73 Å². The topological polar surface area (TPSA) is 63.3 Å². The summed E-state index contributed by atoms with van der Waals surface area (Å²) in [5.74, 6) is -0.473. The van der Waals surface area contributed by atoms with Gasteiger partial charge in [0.05, 0.1) is 0 Å². The van der Waals surface area contributed by atoms with Gasteiger partial charge in [0.15, 0.2) is 0 Å². The minimum absolute atomic E-state index is 0.422. The summed E-state index contributed by atoms with van der Waals surface area (Å²) in [6.07, 6.45) is 2.73. The number of hydrogen-bond acceptors (Lipinski definition) is 2. The molecule has 3 N–H and O–H groups in total. The summed E-state index contributed by atoms with van der Waals surface area (Å²) in [7, 11) is 0. The van der Waals surface area contributed by atoms with E-state index >= 15 is 0 Å². The van der Waals surface area contributed by atoms with Crippen molar-refractivity contribution >= 4 is 5.97 Å². The lowest BCUT2D eigenvalue weighted by molar-refractivity contribution is -0.138. The highest BCUT2D eigenvalue weighted by Crippen LogP contribution is 2.11. The molecule has 0 rings (SSSR count). The highest BCUT2D eigenvalue weighted by atomic mass is 16.4. The molecule has 0 fully saturated rings. The molecule has 0 saturated carbocycles. The van der Waals surface area contributed by atoms with E-state index in [0.29, 0.717) is 12.3 Å². The third-order valence-electron chi connectivity index (χ3n) is 1.75. The molecular weight excluding hydrogens is 142 g/mol. The van der Waals surface area contributed by atoms with Crippen LogP contribution in [-0.2, 0) is 4.79 Å². The van der Waals surface area contributed by atoms with Gasteiger partial charge >= 0.3 is 5.97 Å². The second-order valence-electron chi connectivity index (χ2n) is 3.07. The number of carboxylic acids is 1. The summed E-state index contributed by atoms with van der Waals surface area (Å²) in [5.41, 5.74) is 5.35. The van der Waals surface area contributed by atoms with Gasteiger partial charge in [0.25, 0.3) is 0 Å². The van der Waals surface area contributed by atoms with Crippen LogP contribution in [0.25, 0.3) is 0 Å². The Hall–Kier alpha value is -0.570. The molecule has 0 radical (unpaired) electrons. The van der Waals surface area contributed by atoms with Gasteiger partial charge in [-0.3, -0.25) is 4.79 Å². The lowest BCUT2D eigenvalue weighted by Gasteiger charge is -2.12. The van der Waals surface area contributed by atoms with Crippen molar-refractivity contribution in [3.63, 3.8) is 0 Å². The second kappa shape index (κ2) is 5.13. The Balaban J connectivity index is 3.56. The van der Waals surface area contributed by atoms with E-state index in [9.17, 15) is 4.79 Å². The zero-order chi connectivity index (χ0) is 8.85. The molecule has 3 heteroatoms. The fourth-order valence-electron chi connectivity index (χ4n) is 1.14. The van der Waals surface area contributed by atoms with E-state index in [1.165, 1.54) is 0 Å². The molecule has 0 aromatic heterocycles. The lowest BCUT2D eigenvalue weighted by atomic mass is 9.98. The summed E-state index contributed by atoms with van der Waals surface area (Å²) in [6, 6.07) is -0.684. The fourth-order valence-corrected chi connectivity index (χ4v) is 1.14. The number of carboxylic acid groups (broad SMARTS) is 1. The van der Waals surface area contributed by atoms with Gasteiger partial charge in [-0.2, -0.15) is 0 Å². The van der Waals surface area contributed by atoms with Crippen LogP contribution in [0.1, 0.15) is 33.1 Å². The van der Waals surface area contributed by atoms with Crippen molar-refractivity contribution in [2.75, 3.05) is 0 Å². The first kappa shape index (κ1) is 10.4. The highest BCUT2D eigenvalue weighted by Gasteiger charge is 2.14. The monoisotopic (exact) mass is 159 g/mol. The molecule has 0 aromatic rings. The molecule has 0 aliphatic rings. The van der Waals surface area contributed by atoms with Crippen molar-refractivity contribution in [1.29, 1.82) is 0 Å². The Kier molecular flexibility index (Phi) is 4.86. The fraction of sp³-hybridized carbons (Fsp3) is 0.875. The van der Waals surface area contributed by atoms with Gasteiger partial charge in [0.1, 0.15) is 6.04 Å². The van der Waals surface area contributed by atoms with E-state index < -0.39 is 12.0 Å². The van der Waals surface area contributed by atoms with Crippen LogP contribution in [0.2, 0.25) is 0 Å². The zero-order valence-corrected chi connectivity index (χ0v) is 7.21. The lowest BCUT2D eigenvalue weighted by Crippen LogP contribution is -2.31. The zero-order valence-electron chi connectivity index (χ0n) is 7.21. The number of hydrogen-bond donors (Lipinski definition) is 2. The molecular formula is C8H17NO2. The summed E-state index contributed by atoms with van der Waals surface area (Å²) in [4.78, 5) is 10.3. The van der Waals surface area contributed by atoms with Gasteiger partial charge in [-0.05, 0) is 12.3 Å². The Bertz CT molecular complexity index is 125. The van der Waals surface area contributed by atoms with Gasteiger partial charge in [-0.1, -0.05) is 26.7 Å². The van der Waals surface area contributed by atoms with Crippen molar-refractivity contribution in [3.8, 4) is 0 Å². The molecule has 66 valence electrons. The van der Waals surface area contributed by atoms with E-state index in [-0.39, 0.29) is 0 Å². The Morgan fingerprint density at radius 2 is 2.18 bits per heavy atom. The van der Waals surface area contributed by atoms with E-state index in [1.54, 1.807) is 0 Å². The maximum Gasteiger partial charge on any atom is 0.320 e. The average Bonchev–Trinajstić information content (AvgIpc) is 1.87. The van der Waals surface area contributed by atoms with Crippen molar-refractivity contribution in [3.05, 3.63) is 0 Å². The summed E-state index contributed by atoms with van der Waals surface area (Å²) in [6.45, 7) is 4.12. The maximum absolute atomic E-state index is 10.3. The van der Waals surface area contributed by atoms with Gasteiger partial charge in [-0.15, -0.1) is 0 Å². The number of rotatable bonds is 5. The first-order valence-corrected chi connectivity index (χ1v) is 4.06. The predicted molar refractivity (Wildman–Crippen MR) is 44.3 cm³/mol. The van der Waals surface area contributed by atoms with Crippen LogP contribution in [-0.4, -0.2) is 17.1 Å². The van der Waals surface area contributed by atoms with E-state index in [2.05, 4.69) is 6.92 Å². The first-order valence-electron chi connectivity index (χ1n) is 4.06. The summed E-state index contributed by atoms with van der Waals surface area (Å²) >= 11 is 0. The molecule has 0 unspecified atom stereocenters. The normalized spacial score (nSPS) is 15.9. The van der Waals surface area contributed by atoms with E-state index in [0.717, 1.165) is 12.8 Å². The summed E-state index contributed by atoms with van der Waals surface area (Å²) in [5, 5.41) is 8.47. The average molecular weight is 159 g/mol. The van der Waals surface area contributed by atoms with Crippen molar-refractivity contribution in [2.24, 2.45) is 11.7 Å². The van der Waals surface area contributed by atoms with Crippen molar-refractivity contribution in [2.45, 2.75) is 39.2 Å². The number of nitrogens with two attached hydrogens (primary N) is 1. The van der Waals surface area contributed by atoms with Gasteiger partial charge in [-0.25, -0.2) is 0 Å². The van der Waals surface area contributed by atoms with Gasteiger partial charge < -0.3 is 10.8 Å². The van der Waals surface area contributed by atoms with Crippen LogP contribution in [0.15, 0.2) is 0 Å². The quantitative estimate of drug-likeness (QED) is 0.634. The van der Waals surface area contributed by atoms with Crippen molar-refractivity contribution < 1.29 is 9.90 Å². The Morgan fingerprint density at radius 1 is 1.64 bits per heavy atom. The molecule has 11 heavy (non-hydrogen) atoms. The SMILES string of the molecule is CCC[C@H](C)C[C@H](N)C(=O)O. The summed E-state index contributed by atoms with van der Waals surface area (Å²) < 4.78 is 0. The van der Waals surface area contributed by atoms with E-state index in [1.807, 2.05) is 6.92 Å². The number of aliphatic carboxylic acids is 1. The predicted octanol–water partition coefficient (Wildman–Crippen LogP) is 1.22. The molecule has 2 atom stereocenters. The first-order chi connectivity index (χ1) is 5.07. The highest BCUT2D eigenvalue weighted by molar-refractivity contribution is 5.72. The third-order valence-corrected chi connectivity index (χ3v) is 1.75. The van der Waals surface area contributed by atoms with Crippen LogP contribution in [0.4, 0.5) is 0 Å². The Morgan fingerprint density at radius 3 is 2.55 bits per heavy atom. The minimum atomic E-state index is -0.895. The molecule has 0 aromatic carbocycles. The van der Waals surface area contributed by atoms with Crippen LogP contribution in [0.5, 0.6) is 0 Å². The van der Waals surface area contributed by atoms with Crippen LogP contribution in [0, 0.1) is 5.92 Å². The van der Waals surface area contributed by atoms with E-state index in [4.69, 9.17) is 10.8 Å². The second-order valence-corrected chi connectivity index (χ2v) is 3.07. The number of carbonyl (C=O) groups is 1. The van der Waals surface area contributed by atoms with Crippen LogP contribution in [0.3, 0.4) is 0 Å². The standard InChI is InChI=1S/C8H17NO2/c1-3-4-6(2)5-7(9)8(10)11/h6-7H,3-5,9H2,1-2H3,(H,10,11)/t6-,7-/m0/s1.